The van der Waals surface area contributed by atoms with E-state index in [1.807, 2.05) is 43.0 Å². The van der Waals surface area contributed by atoms with Gasteiger partial charge >= 0.3 is 6.03 Å². The molecule has 0 aromatic heterocycles. The van der Waals surface area contributed by atoms with Gasteiger partial charge in [0.05, 0.1) is 6.04 Å². The van der Waals surface area contributed by atoms with E-state index in [1.54, 1.807) is 0 Å². The molecule has 2 fully saturated rings. The van der Waals surface area contributed by atoms with E-state index in [2.05, 4.69) is 5.32 Å². The largest absolute Gasteiger partial charge is 0.491 e. The van der Waals surface area contributed by atoms with Crippen molar-refractivity contribution in [3.05, 3.63) is 29.8 Å². The van der Waals surface area contributed by atoms with Gasteiger partial charge in [0.15, 0.2) is 0 Å². The molecule has 0 saturated carbocycles. The van der Waals surface area contributed by atoms with Crippen molar-refractivity contribution < 1.29 is 14.3 Å². The van der Waals surface area contributed by atoms with E-state index in [-0.39, 0.29) is 17.5 Å². The summed E-state index contributed by atoms with van der Waals surface area (Å²) in [4.78, 5) is 14.4. The molecule has 0 radical (unpaired) electrons. The van der Waals surface area contributed by atoms with Crippen molar-refractivity contribution in [3.63, 3.8) is 0 Å². The third-order valence-corrected chi connectivity index (χ3v) is 5.14. The molecule has 0 aliphatic carbocycles. The summed E-state index contributed by atoms with van der Waals surface area (Å²) in [5, 5.41) is 3.06. The van der Waals surface area contributed by atoms with Crippen LogP contribution in [0.4, 0.5) is 4.79 Å². The number of hydrogen-bond acceptors (Lipinski definition) is 3. The van der Waals surface area contributed by atoms with Gasteiger partial charge < -0.3 is 19.7 Å². The summed E-state index contributed by atoms with van der Waals surface area (Å²) in [7, 11) is 0. The standard InChI is InChI=1S/C19H28N2O3/c1-15-4-3-5-17(12-15)24-13-16(2)20-18(22)21-9-6-19(14-21)7-10-23-11-8-19/h3-5,12,16H,6-11,13-14H2,1-2H3,(H,20,22)/t16-/m1/s1. The van der Waals surface area contributed by atoms with Crippen molar-refractivity contribution in [1.29, 1.82) is 0 Å². The number of hydrogen-bond donors (Lipinski definition) is 1. The maximum absolute atomic E-state index is 12.5. The number of nitrogens with one attached hydrogen (secondary N) is 1. The van der Waals surface area contributed by atoms with Crippen molar-refractivity contribution in [1.82, 2.24) is 10.2 Å². The van der Waals surface area contributed by atoms with Gasteiger partial charge in [-0.05, 0) is 56.2 Å². The number of aryl methyl sites for hydroxylation is 1. The van der Waals surface area contributed by atoms with Gasteiger partial charge in [0.1, 0.15) is 12.4 Å². The van der Waals surface area contributed by atoms with Crippen LogP contribution >= 0.6 is 0 Å². The number of rotatable bonds is 4. The van der Waals surface area contributed by atoms with E-state index < -0.39 is 0 Å². The Morgan fingerprint density at radius 2 is 2.17 bits per heavy atom. The molecule has 2 amide bonds. The Kier molecular flexibility index (Phi) is 5.29. The molecule has 1 atom stereocenters. The minimum absolute atomic E-state index is 0.0238. The molecule has 1 spiro atoms. The molecule has 2 heterocycles. The highest BCUT2D eigenvalue weighted by atomic mass is 16.5. The van der Waals surface area contributed by atoms with Crippen molar-refractivity contribution in [2.75, 3.05) is 32.9 Å². The average Bonchev–Trinajstić information content (AvgIpc) is 2.97. The van der Waals surface area contributed by atoms with Gasteiger partial charge in [0.2, 0.25) is 0 Å². The van der Waals surface area contributed by atoms with Crippen LogP contribution in [0.15, 0.2) is 24.3 Å². The van der Waals surface area contributed by atoms with Crippen molar-refractivity contribution in [2.24, 2.45) is 5.41 Å². The van der Waals surface area contributed by atoms with Crippen molar-refractivity contribution in [3.8, 4) is 5.75 Å². The van der Waals surface area contributed by atoms with Crippen LogP contribution in [0.2, 0.25) is 0 Å². The first-order valence-corrected chi connectivity index (χ1v) is 8.89. The number of urea groups is 1. The molecule has 0 unspecified atom stereocenters. The second-order valence-electron chi connectivity index (χ2n) is 7.26. The van der Waals surface area contributed by atoms with Crippen LogP contribution in [0.25, 0.3) is 0 Å². The number of carbonyl (C=O) groups excluding carboxylic acids is 1. The predicted octanol–water partition coefficient (Wildman–Crippen LogP) is 2.97. The Morgan fingerprint density at radius 1 is 1.38 bits per heavy atom. The number of benzene rings is 1. The minimum atomic E-state index is -0.0238. The van der Waals surface area contributed by atoms with E-state index in [0.717, 1.165) is 51.3 Å². The predicted molar refractivity (Wildman–Crippen MR) is 93.3 cm³/mol. The van der Waals surface area contributed by atoms with Gasteiger partial charge in [-0.2, -0.15) is 0 Å². The molecule has 2 saturated heterocycles. The number of carbonyl (C=O) groups is 1. The molecule has 5 nitrogen and oxygen atoms in total. The third kappa shape index (κ3) is 4.20. The smallest absolute Gasteiger partial charge is 0.317 e. The van der Waals surface area contributed by atoms with E-state index in [1.165, 1.54) is 5.56 Å². The Hall–Kier alpha value is -1.75. The molecular formula is C19H28N2O3. The highest BCUT2D eigenvalue weighted by Gasteiger charge is 2.41. The fourth-order valence-corrected chi connectivity index (χ4v) is 3.59. The zero-order valence-electron chi connectivity index (χ0n) is 14.7. The summed E-state index contributed by atoms with van der Waals surface area (Å²) in [6.07, 6.45) is 3.24. The lowest BCUT2D eigenvalue weighted by Crippen LogP contribution is -2.46. The Balaban J connectivity index is 1.44. The lowest BCUT2D eigenvalue weighted by molar-refractivity contribution is 0.0208. The molecule has 3 rings (SSSR count). The van der Waals surface area contributed by atoms with Gasteiger partial charge in [-0.25, -0.2) is 4.79 Å². The SMILES string of the molecule is Cc1cccc(OC[C@@H](C)NC(=O)N2CCC3(CCOCC3)C2)c1. The summed E-state index contributed by atoms with van der Waals surface area (Å²) < 4.78 is 11.2. The average molecular weight is 332 g/mol. The third-order valence-electron chi connectivity index (χ3n) is 5.14. The second-order valence-corrected chi connectivity index (χ2v) is 7.26. The summed E-state index contributed by atoms with van der Waals surface area (Å²) >= 11 is 0. The van der Waals surface area contributed by atoms with Gasteiger partial charge in [-0.3, -0.25) is 0 Å². The van der Waals surface area contributed by atoms with Gasteiger partial charge in [-0.15, -0.1) is 0 Å². The number of likely N-dealkylation sites (tertiary alicyclic amines) is 1. The van der Waals surface area contributed by atoms with E-state index in [0.29, 0.717) is 6.61 Å². The topological polar surface area (TPSA) is 50.8 Å². The van der Waals surface area contributed by atoms with Crippen LogP contribution in [0.5, 0.6) is 5.75 Å². The van der Waals surface area contributed by atoms with Crippen molar-refractivity contribution in [2.45, 2.75) is 39.2 Å². The summed E-state index contributed by atoms with van der Waals surface area (Å²) in [6, 6.07) is 7.96. The van der Waals surface area contributed by atoms with Gasteiger partial charge in [0, 0.05) is 26.3 Å². The Labute approximate surface area is 144 Å². The Bertz CT molecular complexity index is 569. The fourth-order valence-electron chi connectivity index (χ4n) is 3.59. The number of ether oxygens (including phenoxy) is 2. The Morgan fingerprint density at radius 3 is 2.92 bits per heavy atom. The molecule has 5 heteroatoms. The van der Waals surface area contributed by atoms with Crippen LogP contribution in [-0.4, -0.2) is 49.9 Å². The van der Waals surface area contributed by atoms with E-state index >= 15 is 0 Å². The fraction of sp³-hybridized carbons (Fsp3) is 0.632. The second kappa shape index (κ2) is 7.43. The quantitative estimate of drug-likeness (QED) is 0.922. The molecule has 2 aliphatic rings. The molecule has 1 aromatic rings. The zero-order chi connectivity index (χ0) is 17.0. The first kappa shape index (κ1) is 17.1. The normalized spacial score (nSPS) is 20.8. The molecule has 2 aliphatic heterocycles. The first-order chi connectivity index (χ1) is 11.6. The maximum Gasteiger partial charge on any atom is 0.317 e. The molecule has 24 heavy (non-hydrogen) atoms. The molecule has 132 valence electrons. The summed E-state index contributed by atoms with van der Waals surface area (Å²) in [5.41, 5.74) is 1.46. The minimum Gasteiger partial charge on any atom is -0.491 e. The number of amides is 2. The molecule has 0 bridgehead atoms. The summed E-state index contributed by atoms with van der Waals surface area (Å²) in [5.74, 6) is 0.846. The van der Waals surface area contributed by atoms with Crippen LogP contribution in [-0.2, 0) is 4.74 Å². The maximum atomic E-state index is 12.5. The lowest BCUT2D eigenvalue weighted by atomic mass is 9.80. The molecule has 1 aromatic carbocycles. The zero-order valence-corrected chi connectivity index (χ0v) is 14.7. The number of nitrogens with zero attached hydrogens (tertiary/aromatic N) is 1. The van der Waals surface area contributed by atoms with E-state index in [9.17, 15) is 4.79 Å². The van der Waals surface area contributed by atoms with Crippen molar-refractivity contribution >= 4 is 6.03 Å². The van der Waals surface area contributed by atoms with E-state index in [4.69, 9.17) is 9.47 Å². The first-order valence-electron chi connectivity index (χ1n) is 8.89. The molecule has 1 N–H and O–H groups in total. The lowest BCUT2D eigenvalue weighted by Gasteiger charge is -2.33. The van der Waals surface area contributed by atoms with Crippen LogP contribution < -0.4 is 10.1 Å². The highest BCUT2D eigenvalue weighted by Crippen LogP contribution is 2.39. The molecular weight excluding hydrogens is 304 g/mol. The van der Waals surface area contributed by atoms with Gasteiger partial charge in [-0.1, -0.05) is 12.1 Å². The van der Waals surface area contributed by atoms with Crippen LogP contribution in [0.3, 0.4) is 0 Å². The van der Waals surface area contributed by atoms with Crippen LogP contribution in [0.1, 0.15) is 31.7 Å². The summed E-state index contributed by atoms with van der Waals surface area (Å²) in [6.45, 7) is 7.85. The van der Waals surface area contributed by atoms with Crippen LogP contribution in [0, 0.1) is 12.3 Å². The van der Waals surface area contributed by atoms with Gasteiger partial charge in [0.25, 0.3) is 0 Å². The monoisotopic (exact) mass is 332 g/mol. The highest BCUT2D eigenvalue weighted by molar-refractivity contribution is 5.74.